The van der Waals surface area contributed by atoms with Crippen molar-refractivity contribution in [2.45, 2.75) is 51.3 Å². The first-order valence-corrected chi connectivity index (χ1v) is 5.95. The van der Waals surface area contributed by atoms with Gasteiger partial charge in [0.25, 0.3) is 0 Å². The Balaban J connectivity index is 1.96. The molecule has 4 nitrogen and oxygen atoms in total. The summed E-state index contributed by atoms with van der Waals surface area (Å²) < 4.78 is 5.18. The van der Waals surface area contributed by atoms with E-state index in [0.717, 1.165) is 37.3 Å². The minimum absolute atomic E-state index is 0.189. The van der Waals surface area contributed by atoms with Crippen molar-refractivity contribution in [3.05, 3.63) is 17.8 Å². The van der Waals surface area contributed by atoms with E-state index in [1.807, 2.05) is 14.0 Å². The van der Waals surface area contributed by atoms with E-state index in [9.17, 15) is 5.11 Å². The zero-order chi connectivity index (χ0) is 11.5. The molecule has 0 amide bonds. The lowest BCUT2D eigenvalue weighted by atomic mass is 9.91. The third-order valence-electron chi connectivity index (χ3n) is 3.50. The number of hydrogen-bond donors (Lipinski definition) is 1. The van der Waals surface area contributed by atoms with Crippen molar-refractivity contribution < 1.29 is 9.52 Å². The monoisotopic (exact) mass is 224 g/mol. The lowest BCUT2D eigenvalue weighted by Gasteiger charge is -2.34. The molecule has 1 heterocycles. The molecule has 90 valence electrons. The summed E-state index contributed by atoms with van der Waals surface area (Å²) in [5.74, 6) is 0.872. The maximum Gasteiger partial charge on any atom is 0.181 e. The average molecular weight is 224 g/mol. The van der Waals surface area contributed by atoms with Crippen LogP contribution >= 0.6 is 0 Å². The number of aryl methyl sites for hydroxylation is 1. The SMILES string of the molecule is Cc1ocnc1CN(C)C1CCCCC1O. The minimum atomic E-state index is -0.189. The fraction of sp³-hybridized carbons (Fsp3) is 0.750. The molecule has 2 atom stereocenters. The van der Waals surface area contributed by atoms with E-state index in [4.69, 9.17) is 4.42 Å². The molecule has 0 bridgehead atoms. The number of aromatic nitrogens is 1. The van der Waals surface area contributed by atoms with E-state index < -0.39 is 0 Å². The van der Waals surface area contributed by atoms with Crippen LogP contribution in [0.2, 0.25) is 0 Å². The molecule has 1 aliphatic rings. The van der Waals surface area contributed by atoms with Crippen LogP contribution in [-0.2, 0) is 6.54 Å². The number of aliphatic hydroxyl groups is 1. The molecular weight excluding hydrogens is 204 g/mol. The van der Waals surface area contributed by atoms with Crippen LogP contribution in [0, 0.1) is 6.92 Å². The summed E-state index contributed by atoms with van der Waals surface area (Å²) in [5, 5.41) is 9.95. The molecule has 0 radical (unpaired) electrons. The Labute approximate surface area is 96.3 Å². The molecule has 0 spiro atoms. The Morgan fingerprint density at radius 1 is 1.50 bits per heavy atom. The van der Waals surface area contributed by atoms with E-state index in [2.05, 4.69) is 9.88 Å². The van der Waals surface area contributed by atoms with Crippen LogP contribution in [0.25, 0.3) is 0 Å². The van der Waals surface area contributed by atoms with Gasteiger partial charge in [0.05, 0.1) is 11.8 Å². The largest absolute Gasteiger partial charge is 0.448 e. The fourth-order valence-electron chi connectivity index (χ4n) is 2.44. The molecule has 4 heteroatoms. The molecule has 16 heavy (non-hydrogen) atoms. The fourth-order valence-corrected chi connectivity index (χ4v) is 2.44. The third kappa shape index (κ3) is 2.44. The Bertz CT molecular complexity index is 338. The first-order valence-electron chi connectivity index (χ1n) is 5.95. The Kier molecular flexibility index (Phi) is 3.61. The van der Waals surface area contributed by atoms with Gasteiger partial charge >= 0.3 is 0 Å². The first kappa shape index (κ1) is 11.6. The van der Waals surface area contributed by atoms with Crippen molar-refractivity contribution in [2.75, 3.05) is 7.05 Å². The number of likely N-dealkylation sites (N-methyl/N-ethyl adjacent to an activating group) is 1. The summed E-state index contributed by atoms with van der Waals surface area (Å²) in [4.78, 5) is 6.37. The molecule has 2 unspecified atom stereocenters. The smallest absolute Gasteiger partial charge is 0.181 e. The van der Waals surface area contributed by atoms with Gasteiger partial charge in [-0.15, -0.1) is 0 Å². The van der Waals surface area contributed by atoms with Crippen molar-refractivity contribution in [1.29, 1.82) is 0 Å². The van der Waals surface area contributed by atoms with Crippen LogP contribution in [0.1, 0.15) is 37.1 Å². The number of rotatable bonds is 3. The second-order valence-electron chi connectivity index (χ2n) is 4.69. The van der Waals surface area contributed by atoms with Crippen LogP contribution in [0.5, 0.6) is 0 Å². The van der Waals surface area contributed by atoms with Crippen LogP contribution in [0.4, 0.5) is 0 Å². The summed E-state index contributed by atoms with van der Waals surface area (Å²) in [6.07, 6.45) is 5.65. The van der Waals surface area contributed by atoms with Gasteiger partial charge in [-0.05, 0) is 26.8 Å². The van der Waals surface area contributed by atoms with Gasteiger partial charge in [0, 0.05) is 12.6 Å². The number of oxazole rings is 1. The molecule has 1 aromatic rings. The van der Waals surface area contributed by atoms with Crippen molar-refractivity contribution >= 4 is 0 Å². The molecule has 0 aromatic carbocycles. The second-order valence-corrected chi connectivity index (χ2v) is 4.69. The van der Waals surface area contributed by atoms with E-state index in [-0.39, 0.29) is 12.1 Å². The van der Waals surface area contributed by atoms with Gasteiger partial charge in [0.1, 0.15) is 5.76 Å². The molecule has 1 N–H and O–H groups in total. The first-order chi connectivity index (χ1) is 7.68. The van der Waals surface area contributed by atoms with Crippen LogP contribution < -0.4 is 0 Å². The van der Waals surface area contributed by atoms with Crippen LogP contribution in [0.15, 0.2) is 10.8 Å². The predicted octanol–water partition coefficient (Wildman–Crippen LogP) is 1.72. The standard InChI is InChI=1S/C12H20N2O2/c1-9-10(13-8-16-9)7-14(2)11-5-3-4-6-12(11)15/h8,11-12,15H,3-7H2,1-2H3. The number of nitrogens with zero attached hydrogens (tertiary/aromatic N) is 2. The lowest BCUT2D eigenvalue weighted by molar-refractivity contribution is 0.0282. The van der Waals surface area contributed by atoms with Crippen LogP contribution in [-0.4, -0.2) is 34.2 Å². The highest BCUT2D eigenvalue weighted by Gasteiger charge is 2.27. The van der Waals surface area contributed by atoms with Gasteiger partial charge in [-0.2, -0.15) is 0 Å². The van der Waals surface area contributed by atoms with Crippen molar-refractivity contribution in [1.82, 2.24) is 9.88 Å². The molecule has 1 aliphatic carbocycles. The highest BCUT2D eigenvalue weighted by Crippen LogP contribution is 2.23. The summed E-state index contributed by atoms with van der Waals surface area (Å²) in [6.45, 7) is 2.68. The highest BCUT2D eigenvalue weighted by atomic mass is 16.3. The maximum atomic E-state index is 9.95. The van der Waals surface area contributed by atoms with Crippen molar-refractivity contribution in [3.8, 4) is 0 Å². The van der Waals surface area contributed by atoms with E-state index in [0.29, 0.717) is 0 Å². The normalized spacial score (nSPS) is 26.2. The topological polar surface area (TPSA) is 49.5 Å². The summed E-state index contributed by atoms with van der Waals surface area (Å²) in [5.41, 5.74) is 0.972. The van der Waals surface area contributed by atoms with E-state index in [1.54, 1.807) is 0 Å². The predicted molar refractivity (Wildman–Crippen MR) is 61.0 cm³/mol. The summed E-state index contributed by atoms with van der Waals surface area (Å²) >= 11 is 0. The van der Waals surface area contributed by atoms with Gasteiger partial charge in [0.2, 0.25) is 0 Å². The van der Waals surface area contributed by atoms with Crippen molar-refractivity contribution in [2.24, 2.45) is 0 Å². The average Bonchev–Trinajstić information content (AvgIpc) is 2.65. The van der Waals surface area contributed by atoms with E-state index >= 15 is 0 Å². The molecule has 1 fully saturated rings. The quantitative estimate of drug-likeness (QED) is 0.849. The summed E-state index contributed by atoms with van der Waals surface area (Å²) in [6, 6.07) is 0.268. The molecule has 0 saturated heterocycles. The Hall–Kier alpha value is -0.870. The van der Waals surface area contributed by atoms with Crippen LogP contribution in [0.3, 0.4) is 0 Å². The van der Waals surface area contributed by atoms with E-state index in [1.165, 1.54) is 12.8 Å². The van der Waals surface area contributed by atoms with Gasteiger partial charge in [0.15, 0.2) is 6.39 Å². The lowest BCUT2D eigenvalue weighted by Crippen LogP contribution is -2.43. The Morgan fingerprint density at radius 3 is 2.88 bits per heavy atom. The second kappa shape index (κ2) is 4.97. The molecule has 1 aromatic heterocycles. The zero-order valence-electron chi connectivity index (χ0n) is 10.0. The van der Waals surface area contributed by atoms with Gasteiger partial charge in [-0.3, -0.25) is 4.90 Å². The zero-order valence-corrected chi connectivity index (χ0v) is 10.0. The van der Waals surface area contributed by atoms with Gasteiger partial charge in [-0.25, -0.2) is 4.98 Å². The third-order valence-corrected chi connectivity index (χ3v) is 3.50. The number of aliphatic hydroxyl groups excluding tert-OH is 1. The van der Waals surface area contributed by atoms with Crippen molar-refractivity contribution in [3.63, 3.8) is 0 Å². The Morgan fingerprint density at radius 2 is 2.25 bits per heavy atom. The molecule has 2 rings (SSSR count). The highest BCUT2D eigenvalue weighted by molar-refractivity contribution is 5.04. The van der Waals surface area contributed by atoms with Gasteiger partial charge < -0.3 is 9.52 Å². The summed E-state index contributed by atoms with van der Waals surface area (Å²) in [7, 11) is 2.05. The molecular formula is C12H20N2O2. The molecule has 1 saturated carbocycles. The van der Waals surface area contributed by atoms with Gasteiger partial charge in [-0.1, -0.05) is 12.8 Å². The maximum absolute atomic E-state index is 9.95. The molecule has 0 aliphatic heterocycles. The minimum Gasteiger partial charge on any atom is -0.448 e. The number of hydrogen-bond acceptors (Lipinski definition) is 4.